The van der Waals surface area contributed by atoms with Crippen LogP contribution in [0.4, 0.5) is 4.39 Å². The van der Waals surface area contributed by atoms with Crippen LogP contribution in [-0.2, 0) is 10.2 Å². The fraction of sp³-hybridized carbons (Fsp3) is 0.533. The molecule has 8 nitrogen and oxygen atoms in total. The van der Waals surface area contributed by atoms with Crippen LogP contribution >= 0.6 is 0 Å². The van der Waals surface area contributed by atoms with Crippen molar-refractivity contribution in [1.82, 2.24) is 24.4 Å². The first kappa shape index (κ1) is 27.2. The lowest BCUT2D eigenvalue weighted by molar-refractivity contribution is -0.140. The van der Waals surface area contributed by atoms with Crippen molar-refractivity contribution in [3.8, 4) is 11.3 Å². The molecule has 2 amide bonds. The normalized spacial score (nSPS) is 21.8. The molecule has 0 atom stereocenters. The number of benzene rings is 1. The Bertz CT molecular complexity index is 1380. The van der Waals surface area contributed by atoms with Crippen molar-refractivity contribution in [1.29, 1.82) is 0 Å². The number of nitrogens with two attached hydrogens (primary N) is 1. The minimum Gasteiger partial charge on any atom is -0.338 e. The molecule has 2 aromatic heterocycles. The Morgan fingerprint density at radius 3 is 2.33 bits per heavy atom. The largest absolute Gasteiger partial charge is 0.338 e. The summed E-state index contributed by atoms with van der Waals surface area (Å²) in [4.78, 5) is 35.6. The van der Waals surface area contributed by atoms with Crippen LogP contribution in [0.2, 0.25) is 0 Å². The van der Waals surface area contributed by atoms with Crippen molar-refractivity contribution in [3.63, 3.8) is 0 Å². The van der Waals surface area contributed by atoms with Crippen molar-refractivity contribution in [2.24, 2.45) is 11.7 Å². The van der Waals surface area contributed by atoms with Crippen LogP contribution in [0.5, 0.6) is 0 Å². The van der Waals surface area contributed by atoms with Gasteiger partial charge >= 0.3 is 0 Å². The Morgan fingerprint density at radius 1 is 1.05 bits per heavy atom. The predicted molar refractivity (Wildman–Crippen MR) is 149 cm³/mol. The van der Waals surface area contributed by atoms with Crippen LogP contribution in [0, 0.1) is 11.7 Å². The molecule has 0 unspecified atom stereocenters. The van der Waals surface area contributed by atoms with Gasteiger partial charge in [0.2, 0.25) is 5.91 Å². The zero-order valence-corrected chi connectivity index (χ0v) is 23.6. The van der Waals surface area contributed by atoms with Crippen molar-refractivity contribution in [3.05, 3.63) is 53.6 Å². The highest BCUT2D eigenvalue weighted by Gasteiger charge is 2.41. The van der Waals surface area contributed by atoms with Gasteiger partial charge in [-0.3, -0.25) is 9.59 Å². The summed E-state index contributed by atoms with van der Waals surface area (Å²) >= 11 is 0. The third-order valence-electron chi connectivity index (χ3n) is 8.17. The second-order valence-corrected chi connectivity index (χ2v) is 12.7. The standard InChI is InChI=1S/C30H39FN6O2/c1-29(2,3)23-16-24(19-6-10-21(31)11-7-19)34-37-17-25(33-26(23)37)28(39)36-15-14-35(18-30(36,4)5)27(38)20-8-12-22(32)13-9-20/h6-7,10-11,16-17,20,22H,8-9,12-15,18,32H2,1-5H3. The highest BCUT2D eigenvalue weighted by atomic mass is 19.1. The summed E-state index contributed by atoms with van der Waals surface area (Å²) in [5.74, 6) is -0.274. The molecule has 2 N–H and O–H groups in total. The van der Waals surface area contributed by atoms with Gasteiger partial charge in [-0.1, -0.05) is 20.8 Å². The zero-order chi connectivity index (χ0) is 28.1. The van der Waals surface area contributed by atoms with Gasteiger partial charge in [0.15, 0.2) is 5.65 Å². The van der Waals surface area contributed by atoms with Crippen molar-refractivity contribution >= 4 is 17.5 Å². The molecule has 2 fully saturated rings. The minimum absolute atomic E-state index is 0.0264. The maximum absolute atomic E-state index is 13.8. The summed E-state index contributed by atoms with van der Waals surface area (Å²) in [6.45, 7) is 11.7. The highest BCUT2D eigenvalue weighted by Crippen LogP contribution is 2.32. The molecule has 3 aromatic rings. The summed E-state index contributed by atoms with van der Waals surface area (Å²) in [6.07, 6.45) is 5.13. The number of fused-ring (bicyclic) bond motifs is 1. The molecule has 9 heteroatoms. The van der Waals surface area contributed by atoms with Crippen molar-refractivity contribution in [2.75, 3.05) is 19.6 Å². The Morgan fingerprint density at radius 2 is 1.72 bits per heavy atom. The number of imidazole rings is 1. The Labute approximate surface area is 229 Å². The highest BCUT2D eigenvalue weighted by molar-refractivity contribution is 5.94. The summed E-state index contributed by atoms with van der Waals surface area (Å²) in [5.41, 5.74) is 8.57. The van der Waals surface area contributed by atoms with E-state index in [0.29, 0.717) is 36.7 Å². The average Bonchev–Trinajstić information content (AvgIpc) is 3.31. The number of amides is 2. The maximum atomic E-state index is 13.8. The van der Waals surface area contributed by atoms with Crippen LogP contribution in [0.1, 0.15) is 76.4 Å². The summed E-state index contributed by atoms with van der Waals surface area (Å²) < 4.78 is 15.2. The summed E-state index contributed by atoms with van der Waals surface area (Å²) in [6, 6.07) is 8.39. The van der Waals surface area contributed by atoms with E-state index in [0.717, 1.165) is 36.8 Å². The number of rotatable bonds is 3. The second-order valence-electron chi connectivity index (χ2n) is 12.7. The molecular weight excluding hydrogens is 495 g/mol. The molecule has 0 bridgehead atoms. The van der Waals surface area contributed by atoms with Crippen molar-refractivity contribution in [2.45, 2.75) is 77.3 Å². The number of hydrogen-bond donors (Lipinski definition) is 1. The smallest absolute Gasteiger partial charge is 0.274 e. The van der Waals surface area contributed by atoms with Gasteiger partial charge in [0.05, 0.1) is 17.4 Å². The number of nitrogens with zero attached hydrogens (tertiary/aromatic N) is 5. The molecule has 39 heavy (non-hydrogen) atoms. The van der Waals surface area contributed by atoms with E-state index in [-0.39, 0.29) is 35.0 Å². The number of carbonyl (C=O) groups excluding carboxylic acids is 2. The van der Waals surface area contributed by atoms with Crippen molar-refractivity contribution < 1.29 is 14.0 Å². The maximum Gasteiger partial charge on any atom is 0.274 e. The molecule has 1 aliphatic carbocycles. The van der Waals surface area contributed by atoms with E-state index in [1.807, 2.05) is 29.7 Å². The van der Waals surface area contributed by atoms with Gasteiger partial charge in [-0.25, -0.2) is 13.9 Å². The van der Waals surface area contributed by atoms with E-state index in [9.17, 15) is 14.0 Å². The lowest BCUT2D eigenvalue weighted by Crippen LogP contribution is -2.62. The molecule has 1 aliphatic heterocycles. The number of piperazine rings is 1. The van der Waals surface area contributed by atoms with Gasteiger partial charge < -0.3 is 15.5 Å². The van der Waals surface area contributed by atoms with E-state index in [1.165, 1.54) is 12.1 Å². The van der Waals surface area contributed by atoms with Gasteiger partial charge in [0, 0.05) is 42.7 Å². The van der Waals surface area contributed by atoms with E-state index < -0.39 is 5.54 Å². The van der Waals surface area contributed by atoms with Crippen LogP contribution in [0.25, 0.3) is 16.9 Å². The van der Waals surface area contributed by atoms with Crippen LogP contribution < -0.4 is 5.73 Å². The first-order valence-electron chi connectivity index (χ1n) is 13.9. The molecule has 3 heterocycles. The number of halogens is 1. The lowest BCUT2D eigenvalue weighted by Gasteiger charge is -2.47. The van der Waals surface area contributed by atoms with Gasteiger partial charge in [-0.2, -0.15) is 5.10 Å². The third-order valence-corrected chi connectivity index (χ3v) is 8.17. The molecule has 0 spiro atoms. The quantitative estimate of drug-likeness (QED) is 0.537. The Balaban J connectivity index is 1.41. The van der Waals surface area contributed by atoms with E-state index >= 15 is 0 Å². The van der Waals surface area contributed by atoms with Crippen LogP contribution in [-0.4, -0.2) is 67.4 Å². The number of hydrogen-bond acceptors (Lipinski definition) is 5. The molecule has 1 aromatic carbocycles. The number of carbonyl (C=O) groups is 2. The molecule has 2 aliphatic rings. The van der Waals surface area contributed by atoms with E-state index in [1.54, 1.807) is 22.8 Å². The second kappa shape index (κ2) is 10.0. The fourth-order valence-corrected chi connectivity index (χ4v) is 5.88. The molecule has 1 saturated carbocycles. The topological polar surface area (TPSA) is 96.8 Å². The van der Waals surface area contributed by atoms with Gasteiger partial charge in [0.25, 0.3) is 5.91 Å². The average molecular weight is 535 g/mol. The van der Waals surface area contributed by atoms with Gasteiger partial charge in [-0.15, -0.1) is 0 Å². The summed E-state index contributed by atoms with van der Waals surface area (Å²) in [7, 11) is 0. The monoisotopic (exact) mass is 534 g/mol. The molecule has 208 valence electrons. The third kappa shape index (κ3) is 5.41. The molecule has 5 rings (SSSR count). The lowest BCUT2D eigenvalue weighted by atomic mass is 9.85. The fourth-order valence-electron chi connectivity index (χ4n) is 5.88. The first-order chi connectivity index (χ1) is 18.3. The predicted octanol–water partition coefficient (Wildman–Crippen LogP) is 4.41. The van der Waals surface area contributed by atoms with E-state index in [2.05, 4.69) is 20.8 Å². The van der Waals surface area contributed by atoms with Gasteiger partial charge in [0.1, 0.15) is 11.5 Å². The SMILES string of the molecule is CC(C)(C)c1cc(-c2ccc(F)cc2)nn2cc(C(=O)N3CCN(C(=O)C4CCC(N)CC4)CC3(C)C)nc12. The van der Waals surface area contributed by atoms with Gasteiger partial charge in [-0.05, 0) is 75.3 Å². The first-order valence-corrected chi connectivity index (χ1v) is 13.9. The van der Waals surface area contributed by atoms with E-state index in [4.69, 9.17) is 15.8 Å². The summed E-state index contributed by atoms with van der Waals surface area (Å²) in [5, 5.41) is 4.73. The molecule has 0 radical (unpaired) electrons. The molecule has 1 saturated heterocycles. The Kier molecular flexibility index (Phi) is 6.99. The molecular formula is C30H39FN6O2. The minimum atomic E-state index is -0.550. The zero-order valence-electron chi connectivity index (χ0n) is 23.6. The number of aromatic nitrogens is 3. The van der Waals surface area contributed by atoms with Crippen LogP contribution in [0.15, 0.2) is 36.5 Å². The van der Waals surface area contributed by atoms with Crippen LogP contribution in [0.3, 0.4) is 0 Å². The Hall–Kier alpha value is -3.33.